The van der Waals surface area contributed by atoms with Crippen LogP contribution in [0.25, 0.3) is 0 Å². The summed E-state index contributed by atoms with van der Waals surface area (Å²) in [6.07, 6.45) is 1.80. The van der Waals surface area contributed by atoms with Crippen molar-refractivity contribution in [2.24, 2.45) is 5.10 Å². The molecule has 0 aliphatic heterocycles. The minimum absolute atomic E-state index is 0.617. The van der Waals surface area contributed by atoms with Crippen molar-refractivity contribution < 1.29 is 0 Å². The van der Waals surface area contributed by atoms with Crippen LogP contribution in [-0.2, 0) is 6.54 Å². The van der Waals surface area contributed by atoms with E-state index < -0.39 is 0 Å². The summed E-state index contributed by atoms with van der Waals surface area (Å²) in [5, 5.41) is 4.96. The molecule has 0 unspecified atom stereocenters. The van der Waals surface area contributed by atoms with Gasteiger partial charge in [-0.25, -0.2) is 0 Å². The van der Waals surface area contributed by atoms with Crippen LogP contribution in [0.1, 0.15) is 11.1 Å². The van der Waals surface area contributed by atoms with Crippen LogP contribution in [0.5, 0.6) is 0 Å². The highest BCUT2D eigenvalue weighted by molar-refractivity contribution is 6.31. The van der Waals surface area contributed by atoms with Gasteiger partial charge in [0.1, 0.15) is 0 Å². The van der Waals surface area contributed by atoms with Crippen molar-refractivity contribution in [1.29, 1.82) is 0 Å². The normalized spacial score (nSPS) is 10.8. The molecule has 104 valence electrons. The van der Waals surface area contributed by atoms with Crippen molar-refractivity contribution in [2.75, 3.05) is 19.0 Å². The van der Waals surface area contributed by atoms with Crippen LogP contribution in [0.15, 0.2) is 53.6 Å². The fraction of sp³-hybridized carbons (Fsp3) is 0.188. The fourth-order valence-corrected chi connectivity index (χ4v) is 1.95. The third kappa shape index (κ3) is 4.00. The van der Waals surface area contributed by atoms with E-state index in [2.05, 4.69) is 27.6 Å². The van der Waals surface area contributed by atoms with Gasteiger partial charge in [-0.2, -0.15) is 5.10 Å². The summed E-state index contributed by atoms with van der Waals surface area (Å²) in [5.41, 5.74) is 6.27. The molecule has 0 aliphatic rings. The van der Waals surface area contributed by atoms with Crippen molar-refractivity contribution in [3.05, 3.63) is 64.7 Å². The maximum atomic E-state index is 6.07. The first-order valence-corrected chi connectivity index (χ1v) is 6.81. The SMILES string of the molecule is CN(C)c1ccc(/C=N\NCc2ccccc2Cl)cc1. The summed E-state index contributed by atoms with van der Waals surface area (Å²) >= 11 is 6.07. The summed E-state index contributed by atoms with van der Waals surface area (Å²) in [6, 6.07) is 15.9. The van der Waals surface area contributed by atoms with E-state index in [-0.39, 0.29) is 0 Å². The van der Waals surface area contributed by atoms with E-state index in [9.17, 15) is 0 Å². The fourth-order valence-electron chi connectivity index (χ4n) is 1.75. The van der Waals surface area contributed by atoms with Gasteiger partial charge in [-0.05, 0) is 29.3 Å². The number of rotatable bonds is 5. The third-order valence-electron chi connectivity index (χ3n) is 2.94. The molecule has 3 nitrogen and oxygen atoms in total. The lowest BCUT2D eigenvalue weighted by Crippen LogP contribution is -2.08. The zero-order chi connectivity index (χ0) is 14.4. The van der Waals surface area contributed by atoms with E-state index in [1.807, 2.05) is 50.5 Å². The Bertz CT molecular complexity index is 577. The second kappa shape index (κ2) is 6.96. The first-order chi connectivity index (χ1) is 9.66. The number of anilines is 1. The Hall–Kier alpha value is -2.00. The molecule has 2 aromatic rings. The Balaban J connectivity index is 1.89. The molecular weight excluding hydrogens is 270 g/mol. The highest BCUT2D eigenvalue weighted by Gasteiger charge is 1.96. The van der Waals surface area contributed by atoms with Crippen molar-refractivity contribution in [2.45, 2.75) is 6.54 Å². The first kappa shape index (κ1) is 14.4. The van der Waals surface area contributed by atoms with E-state index >= 15 is 0 Å². The molecule has 0 fully saturated rings. The van der Waals surface area contributed by atoms with Gasteiger partial charge in [0, 0.05) is 24.8 Å². The Kier molecular flexibility index (Phi) is 5.02. The van der Waals surface area contributed by atoms with Gasteiger partial charge in [-0.3, -0.25) is 0 Å². The molecule has 0 heterocycles. The van der Waals surface area contributed by atoms with Gasteiger partial charge in [0.05, 0.1) is 12.8 Å². The molecule has 1 N–H and O–H groups in total. The van der Waals surface area contributed by atoms with Crippen LogP contribution in [0.4, 0.5) is 5.69 Å². The maximum Gasteiger partial charge on any atom is 0.0594 e. The third-order valence-corrected chi connectivity index (χ3v) is 3.31. The maximum absolute atomic E-state index is 6.07. The summed E-state index contributed by atoms with van der Waals surface area (Å²) in [6.45, 7) is 0.617. The Labute approximate surface area is 124 Å². The topological polar surface area (TPSA) is 27.6 Å². The predicted octanol–water partition coefficient (Wildman–Crippen LogP) is 3.53. The van der Waals surface area contributed by atoms with Crippen LogP contribution < -0.4 is 10.3 Å². The standard InChI is InChI=1S/C16H18ClN3/c1-20(2)15-9-7-13(8-10-15)11-18-19-12-14-5-3-4-6-16(14)17/h3-11,19H,12H2,1-2H3/b18-11-. The lowest BCUT2D eigenvalue weighted by molar-refractivity contribution is 0.748. The van der Waals surface area contributed by atoms with E-state index in [4.69, 9.17) is 11.6 Å². The zero-order valence-electron chi connectivity index (χ0n) is 11.7. The quantitative estimate of drug-likeness (QED) is 0.673. The molecule has 0 bridgehead atoms. The van der Waals surface area contributed by atoms with Crippen LogP contribution in [0.2, 0.25) is 5.02 Å². The minimum Gasteiger partial charge on any atom is -0.378 e. The molecule has 0 saturated carbocycles. The molecule has 20 heavy (non-hydrogen) atoms. The number of hydrazone groups is 1. The van der Waals surface area contributed by atoms with Gasteiger partial charge in [-0.15, -0.1) is 0 Å². The molecule has 2 aromatic carbocycles. The smallest absolute Gasteiger partial charge is 0.0594 e. The second-order valence-corrected chi connectivity index (χ2v) is 5.08. The zero-order valence-corrected chi connectivity index (χ0v) is 12.4. The number of halogens is 1. The van der Waals surface area contributed by atoms with Gasteiger partial charge in [0.15, 0.2) is 0 Å². The molecule has 0 saturated heterocycles. The van der Waals surface area contributed by atoms with E-state index in [1.54, 1.807) is 6.21 Å². The van der Waals surface area contributed by atoms with E-state index in [0.29, 0.717) is 6.54 Å². The Morgan fingerprint density at radius 2 is 1.80 bits per heavy atom. The lowest BCUT2D eigenvalue weighted by Gasteiger charge is -2.11. The average molecular weight is 288 g/mol. The molecule has 0 aromatic heterocycles. The van der Waals surface area contributed by atoms with E-state index in [1.165, 1.54) is 5.69 Å². The molecule has 0 spiro atoms. The predicted molar refractivity (Wildman–Crippen MR) is 86.7 cm³/mol. The number of benzene rings is 2. The molecule has 2 rings (SSSR count). The largest absolute Gasteiger partial charge is 0.378 e. The molecule has 0 aliphatic carbocycles. The van der Waals surface area contributed by atoms with Crippen molar-refractivity contribution in [3.8, 4) is 0 Å². The molecular formula is C16H18ClN3. The lowest BCUT2D eigenvalue weighted by atomic mass is 10.2. The molecule has 0 radical (unpaired) electrons. The van der Waals surface area contributed by atoms with Crippen molar-refractivity contribution >= 4 is 23.5 Å². The highest BCUT2D eigenvalue weighted by atomic mass is 35.5. The number of hydrogen-bond donors (Lipinski definition) is 1. The van der Waals surface area contributed by atoms with E-state index in [0.717, 1.165) is 16.1 Å². The van der Waals surface area contributed by atoms with Gasteiger partial charge in [0.2, 0.25) is 0 Å². The molecule has 0 atom stereocenters. The monoisotopic (exact) mass is 287 g/mol. The van der Waals surface area contributed by atoms with Gasteiger partial charge in [-0.1, -0.05) is 41.9 Å². The molecule has 4 heteroatoms. The van der Waals surface area contributed by atoms with Crippen molar-refractivity contribution in [1.82, 2.24) is 5.43 Å². The average Bonchev–Trinajstić information content (AvgIpc) is 2.46. The highest BCUT2D eigenvalue weighted by Crippen LogP contribution is 2.14. The number of hydrogen-bond acceptors (Lipinski definition) is 3. The van der Waals surface area contributed by atoms with Crippen molar-refractivity contribution in [3.63, 3.8) is 0 Å². The van der Waals surface area contributed by atoms with Crippen LogP contribution >= 0.6 is 11.6 Å². The number of nitrogens with zero attached hydrogens (tertiary/aromatic N) is 2. The van der Waals surface area contributed by atoms with Gasteiger partial charge in [0.25, 0.3) is 0 Å². The second-order valence-electron chi connectivity index (χ2n) is 4.67. The van der Waals surface area contributed by atoms with Crippen LogP contribution in [0.3, 0.4) is 0 Å². The number of nitrogens with one attached hydrogen (secondary N) is 1. The first-order valence-electron chi connectivity index (χ1n) is 6.43. The summed E-state index contributed by atoms with van der Waals surface area (Å²) in [5.74, 6) is 0. The Morgan fingerprint density at radius 1 is 1.10 bits per heavy atom. The summed E-state index contributed by atoms with van der Waals surface area (Å²) in [4.78, 5) is 2.07. The summed E-state index contributed by atoms with van der Waals surface area (Å²) in [7, 11) is 4.04. The molecule has 0 amide bonds. The Morgan fingerprint density at radius 3 is 2.45 bits per heavy atom. The van der Waals surface area contributed by atoms with Crippen LogP contribution in [0, 0.1) is 0 Å². The van der Waals surface area contributed by atoms with Gasteiger partial charge < -0.3 is 10.3 Å². The minimum atomic E-state index is 0.617. The summed E-state index contributed by atoms with van der Waals surface area (Å²) < 4.78 is 0. The van der Waals surface area contributed by atoms with Gasteiger partial charge >= 0.3 is 0 Å². The van der Waals surface area contributed by atoms with Crippen LogP contribution in [-0.4, -0.2) is 20.3 Å².